The Hall–Kier alpha value is -0.160. The second-order valence-electron chi connectivity index (χ2n) is 7.58. The van der Waals surface area contributed by atoms with Crippen LogP contribution in [0.2, 0.25) is 0 Å². The summed E-state index contributed by atoms with van der Waals surface area (Å²) in [7, 11) is 0. The summed E-state index contributed by atoms with van der Waals surface area (Å²) in [5.74, 6) is 1.06. The monoisotopic (exact) mass is 281 g/mol. The van der Waals surface area contributed by atoms with Gasteiger partial charge in [0.1, 0.15) is 0 Å². The molecule has 20 heavy (non-hydrogen) atoms. The van der Waals surface area contributed by atoms with Gasteiger partial charge in [-0.15, -0.1) is 0 Å². The Morgan fingerprint density at radius 2 is 1.75 bits per heavy atom. The van der Waals surface area contributed by atoms with E-state index in [1.54, 1.807) is 0 Å². The van der Waals surface area contributed by atoms with Gasteiger partial charge in [-0.2, -0.15) is 0 Å². The fourth-order valence-corrected chi connectivity index (χ4v) is 5.78. The fourth-order valence-electron chi connectivity index (χ4n) is 5.78. The maximum absolute atomic E-state index is 11.4. The molecule has 0 aromatic heterocycles. The lowest BCUT2D eigenvalue weighted by Gasteiger charge is -2.53. The zero-order valence-corrected chi connectivity index (χ0v) is 12.3. The molecular formula is C16H27NO3. The molecule has 3 saturated carbocycles. The molecular weight excluding hydrogens is 254 g/mol. The van der Waals surface area contributed by atoms with Gasteiger partial charge in [-0.05, 0) is 43.9 Å². The molecule has 1 aliphatic heterocycles. The van der Waals surface area contributed by atoms with Crippen molar-refractivity contribution in [3.8, 4) is 0 Å². The number of aliphatic hydroxyl groups is 1. The quantitative estimate of drug-likeness (QED) is 0.810. The molecule has 1 heterocycles. The molecule has 4 fully saturated rings. The zero-order chi connectivity index (χ0) is 13.8. The summed E-state index contributed by atoms with van der Waals surface area (Å²) >= 11 is 0. The molecule has 0 aromatic rings. The van der Waals surface area contributed by atoms with Crippen LogP contribution in [0.25, 0.3) is 0 Å². The van der Waals surface area contributed by atoms with E-state index in [2.05, 4.69) is 0 Å². The highest BCUT2D eigenvalue weighted by Gasteiger charge is 2.62. The minimum absolute atomic E-state index is 0.0316. The van der Waals surface area contributed by atoms with Gasteiger partial charge in [0, 0.05) is 24.8 Å². The standard InChI is InChI=1S/C16H27NO3/c17-11-14(10-12-1-2-13(14)9-12)15(18)3-5-16(6-4-15)19-7-8-20-16/h12-13,18H,1-11,17H2. The van der Waals surface area contributed by atoms with Crippen molar-refractivity contribution in [2.75, 3.05) is 19.8 Å². The number of fused-ring (bicyclic) bond motifs is 2. The first kappa shape index (κ1) is 13.5. The number of hydrogen-bond donors (Lipinski definition) is 2. The Balaban J connectivity index is 1.55. The van der Waals surface area contributed by atoms with Gasteiger partial charge in [0.25, 0.3) is 0 Å². The molecule has 4 nitrogen and oxygen atoms in total. The summed E-state index contributed by atoms with van der Waals surface area (Å²) in [6.45, 7) is 2.04. The van der Waals surface area contributed by atoms with Crippen molar-refractivity contribution in [1.82, 2.24) is 0 Å². The molecule has 1 spiro atoms. The normalized spacial score (nSPS) is 45.3. The summed E-state index contributed by atoms with van der Waals surface area (Å²) in [5.41, 5.74) is 5.57. The first-order valence-corrected chi connectivity index (χ1v) is 8.32. The van der Waals surface area contributed by atoms with Gasteiger partial charge in [-0.25, -0.2) is 0 Å². The van der Waals surface area contributed by atoms with Crippen LogP contribution in [0.3, 0.4) is 0 Å². The molecule has 114 valence electrons. The third-order valence-corrected chi connectivity index (χ3v) is 6.92. The molecule has 1 saturated heterocycles. The molecule has 4 rings (SSSR count). The van der Waals surface area contributed by atoms with Crippen LogP contribution in [0.4, 0.5) is 0 Å². The van der Waals surface area contributed by atoms with Crippen LogP contribution in [-0.2, 0) is 9.47 Å². The first-order valence-electron chi connectivity index (χ1n) is 8.32. The van der Waals surface area contributed by atoms with Crippen LogP contribution in [0.1, 0.15) is 51.4 Å². The Kier molecular flexibility index (Phi) is 2.98. The topological polar surface area (TPSA) is 64.7 Å². The molecule has 0 aromatic carbocycles. The van der Waals surface area contributed by atoms with Crippen LogP contribution in [-0.4, -0.2) is 36.3 Å². The number of rotatable bonds is 2. The molecule has 4 aliphatic rings. The van der Waals surface area contributed by atoms with E-state index < -0.39 is 5.60 Å². The fraction of sp³-hybridized carbons (Fsp3) is 1.00. The second kappa shape index (κ2) is 4.42. The van der Waals surface area contributed by atoms with Crippen molar-refractivity contribution in [3.63, 3.8) is 0 Å². The molecule has 3 N–H and O–H groups in total. The van der Waals surface area contributed by atoms with Crippen molar-refractivity contribution in [1.29, 1.82) is 0 Å². The van der Waals surface area contributed by atoms with Crippen molar-refractivity contribution in [3.05, 3.63) is 0 Å². The number of hydrogen-bond acceptors (Lipinski definition) is 4. The summed E-state index contributed by atoms with van der Waals surface area (Å²) in [4.78, 5) is 0. The van der Waals surface area contributed by atoms with E-state index in [0.29, 0.717) is 25.7 Å². The van der Waals surface area contributed by atoms with Crippen LogP contribution in [0, 0.1) is 17.3 Å². The van der Waals surface area contributed by atoms with Gasteiger partial charge < -0.3 is 20.3 Å². The van der Waals surface area contributed by atoms with E-state index in [1.165, 1.54) is 19.3 Å². The maximum atomic E-state index is 11.4. The third kappa shape index (κ3) is 1.68. The Bertz CT molecular complexity index is 383. The van der Waals surface area contributed by atoms with Gasteiger partial charge in [0.05, 0.1) is 18.8 Å². The minimum atomic E-state index is -0.595. The Morgan fingerprint density at radius 3 is 2.25 bits per heavy atom. The van der Waals surface area contributed by atoms with Crippen LogP contribution in [0.5, 0.6) is 0 Å². The Morgan fingerprint density at radius 1 is 1.05 bits per heavy atom. The highest BCUT2D eigenvalue weighted by molar-refractivity contribution is 5.12. The largest absolute Gasteiger partial charge is 0.389 e. The van der Waals surface area contributed by atoms with Gasteiger partial charge in [0.2, 0.25) is 0 Å². The molecule has 3 unspecified atom stereocenters. The van der Waals surface area contributed by atoms with E-state index in [9.17, 15) is 5.11 Å². The van der Waals surface area contributed by atoms with Crippen LogP contribution >= 0.6 is 0 Å². The maximum Gasteiger partial charge on any atom is 0.168 e. The van der Waals surface area contributed by atoms with Crippen molar-refractivity contribution < 1.29 is 14.6 Å². The van der Waals surface area contributed by atoms with E-state index in [-0.39, 0.29) is 11.2 Å². The van der Waals surface area contributed by atoms with Crippen LogP contribution in [0.15, 0.2) is 0 Å². The average molecular weight is 281 g/mol. The molecule has 3 aliphatic carbocycles. The average Bonchev–Trinajstić information content (AvgIpc) is 3.18. The first-order chi connectivity index (χ1) is 9.62. The molecule has 3 atom stereocenters. The lowest BCUT2D eigenvalue weighted by atomic mass is 9.57. The highest BCUT2D eigenvalue weighted by atomic mass is 16.7. The van der Waals surface area contributed by atoms with Crippen molar-refractivity contribution >= 4 is 0 Å². The Labute approximate surface area is 121 Å². The SMILES string of the molecule is NCC1(C2(O)CCC3(CC2)OCCO3)CC2CCC1C2. The van der Waals surface area contributed by atoms with Crippen LogP contribution < -0.4 is 5.73 Å². The second-order valence-corrected chi connectivity index (χ2v) is 7.58. The minimum Gasteiger partial charge on any atom is -0.389 e. The molecule has 0 radical (unpaired) electrons. The smallest absolute Gasteiger partial charge is 0.168 e. The third-order valence-electron chi connectivity index (χ3n) is 6.92. The predicted molar refractivity (Wildman–Crippen MR) is 75.0 cm³/mol. The number of ether oxygens (including phenoxy) is 2. The lowest BCUT2D eigenvalue weighted by Crippen LogP contribution is -2.59. The van der Waals surface area contributed by atoms with Crippen molar-refractivity contribution in [2.45, 2.75) is 62.8 Å². The number of nitrogens with two attached hydrogens (primary N) is 1. The van der Waals surface area contributed by atoms with Crippen molar-refractivity contribution in [2.24, 2.45) is 23.0 Å². The summed E-state index contributed by atoms with van der Waals surface area (Å²) in [6.07, 6.45) is 8.25. The molecule has 4 heteroatoms. The van der Waals surface area contributed by atoms with Gasteiger partial charge in [-0.3, -0.25) is 0 Å². The lowest BCUT2D eigenvalue weighted by molar-refractivity contribution is -0.227. The van der Waals surface area contributed by atoms with E-state index in [4.69, 9.17) is 15.2 Å². The summed E-state index contributed by atoms with van der Waals surface area (Å²) in [6, 6.07) is 0. The molecule has 0 amide bonds. The van der Waals surface area contributed by atoms with E-state index >= 15 is 0 Å². The molecule has 2 bridgehead atoms. The van der Waals surface area contributed by atoms with Gasteiger partial charge >= 0.3 is 0 Å². The predicted octanol–water partition coefficient (Wildman–Crippen LogP) is 1.80. The van der Waals surface area contributed by atoms with E-state index in [1.807, 2.05) is 0 Å². The summed E-state index contributed by atoms with van der Waals surface area (Å²) < 4.78 is 11.6. The highest BCUT2D eigenvalue weighted by Crippen LogP contribution is 2.63. The van der Waals surface area contributed by atoms with Gasteiger partial charge in [0.15, 0.2) is 5.79 Å². The summed E-state index contributed by atoms with van der Waals surface area (Å²) in [5, 5.41) is 11.4. The van der Waals surface area contributed by atoms with Gasteiger partial charge in [-0.1, -0.05) is 6.42 Å². The zero-order valence-electron chi connectivity index (χ0n) is 12.3. The van der Waals surface area contributed by atoms with E-state index in [0.717, 1.165) is 38.0 Å².